The van der Waals surface area contributed by atoms with E-state index in [1.165, 1.54) is 41.8 Å². The molecule has 7 aromatic carbocycles. The van der Waals surface area contributed by atoms with Crippen molar-refractivity contribution >= 4 is 104 Å². The van der Waals surface area contributed by atoms with Crippen molar-refractivity contribution in [3.8, 4) is 60.1 Å². The van der Waals surface area contributed by atoms with Gasteiger partial charge >= 0.3 is 5.97 Å². The maximum Gasteiger partial charge on any atom is 0.355 e. The van der Waals surface area contributed by atoms with Crippen LogP contribution in [-0.4, -0.2) is 207 Å². The third-order valence-electron chi connectivity index (χ3n) is 26.8. The molecular weight excluding hydrogens is 1860 g/mol. The number of aromatic carboxylic acids is 1. The van der Waals surface area contributed by atoms with Crippen molar-refractivity contribution in [1.82, 2.24) is 51.4 Å². The summed E-state index contributed by atoms with van der Waals surface area (Å²) in [5.41, 5.74) is 15.9. The van der Waals surface area contributed by atoms with Gasteiger partial charge in [0.2, 0.25) is 29.5 Å². The minimum Gasteiger partial charge on any atom is -0.508 e. The van der Waals surface area contributed by atoms with E-state index >= 15 is 0 Å². The van der Waals surface area contributed by atoms with Gasteiger partial charge in [-0.05, 0) is 231 Å². The van der Waals surface area contributed by atoms with Crippen LogP contribution in [0.15, 0.2) is 247 Å². The van der Waals surface area contributed by atoms with Crippen LogP contribution in [0.25, 0.3) is 37.1 Å². The normalized spacial score (nSPS) is 21.8. The molecule has 4 aliphatic heterocycles. The fraction of sp³-hybridized carbons (Fsp3) is 0.305. The molecule has 8 fully saturated rings. The number of carbonyl (C=O) groups excluding carboxylic acids is 11. The smallest absolute Gasteiger partial charge is 0.355 e. The number of nitrogens with zero attached hydrogens (tertiary/aromatic N) is 4. The van der Waals surface area contributed by atoms with Gasteiger partial charge < -0.3 is 92.4 Å². The Hall–Kier alpha value is -14.6. The number of carboxylic acid groups (broad SMARTS) is 1. The van der Waals surface area contributed by atoms with Crippen LogP contribution in [0.1, 0.15) is 152 Å². The number of aromatic hydroxyl groups is 4. The van der Waals surface area contributed by atoms with Crippen LogP contribution in [-0.2, 0) is 83.0 Å². The molecule has 728 valence electrons. The predicted octanol–water partition coefficient (Wildman–Crippen LogP) is 11.1. The highest BCUT2D eigenvalue weighted by Crippen LogP contribution is 2.43. The number of Topliss-reactive ketones (excluding diaryl/α,β-unsaturated/α-hetero) is 4. The lowest BCUT2D eigenvalue weighted by atomic mass is 9.85. The highest BCUT2D eigenvalue weighted by Gasteiger charge is 2.59. The molecule has 0 radical (unpaired) electrons. The molecular formula is C105H104N12O21S3. The van der Waals surface area contributed by atoms with E-state index in [4.69, 9.17) is 35.5 Å². The van der Waals surface area contributed by atoms with Gasteiger partial charge in [0.15, 0.2) is 28.8 Å². The van der Waals surface area contributed by atoms with Crippen LogP contribution >= 0.6 is 34.0 Å². The second kappa shape index (κ2) is 44.2. The van der Waals surface area contributed by atoms with Crippen LogP contribution in [0.3, 0.4) is 0 Å². The molecule has 4 saturated heterocycles. The maximum atomic E-state index is 13.9. The van der Waals surface area contributed by atoms with Gasteiger partial charge in [-0.15, -0.1) is 34.0 Å². The zero-order valence-corrected chi connectivity index (χ0v) is 78.8. The largest absolute Gasteiger partial charge is 0.508 e. The average molecular weight is 1970 g/mol. The van der Waals surface area contributed by atoms with Crippen LogP contribution in [0.5, 0.6) is 23.0 Å². The van der Waals surface area contributed by atoms with Gasteiger partial charge in [0.05, 0.1) is 48.3 Å². The highest BCUT2D eigenvalue weighted by atomic mass is 32.1. The van der Waals surface area contributed by atoms with Crippen molar-refractivity contribution < 1.29 is 102 Å². The number of ketones is 4. The molecule has 12 atom stereocenters. The van der Waals surface area contributed by atoms with E-state index in [9.17, 15) is 78.0 Å². The van der Waals surface area contributed by atoms with Crippen LogP contribution in [0, 0.1) is 0 Å². The van der Waals surface area contributed by atoms with Crippen molar-refractivity contribution in [3.63, 3.8) is 0 Å². The topological polar surface area (TPSA) is 511 Å². The number of thiazole rings is 1. The summed E-state index contributed by atoms with van der Waals surface area (Å²) in [5.74, 6) is -4.79. The molecule has 20 rings (SSSR count). The SMILES string of the molecule is NC(=O)c1ccc(-n2ccnc2)cc1C(Cc1ccc(O)cc1)C(=O)NC12CCCC1OCC2=O.NC(Cc1ccc(O)cc1)C(=O)NC12CCCC1OCC2=O.O=C(NC(Cc1ccc(O)cc1)C(=O)NC12CCCC1OCC2=O)c1ccc(-c2cccs2)cc1.O=C(NC(Cc1ccc(O)cc1)C(=O)NC12CCCC1OCC2=O)c1cncc(-c2cccs2)c1.O=C(O)c1csc(-c2ccccc2)n1. The summed E-state index contributed by atoms with van der Waals surface area (Å²) in [6, 6.07) is 54.9. The predicted molar refractivity (Wildman–Crippen MR) is 522 cm³/mol. The van der Waals surface area contributed by atoms with Crippen molar-refractivity contribution in [2.75, 3.05) is 26.4 Å². The molecule has 36 heteroatoms. The molecule has 0 bridgehead atoms. The number of carbonyl (C=O) groups is 12. The number of primary amides is 1. The first-order valence-electron chi connectivity index (χ1n) is 46.2. The fourth-order valence-corrected chi connectivity index (χ4v) is 21.5. The number of rotatable bonds is 27. The van der Waals surface area contributed by atoms with Crippen LogP contribution in [0.2, 0.25) is 0 Å². The second-order valence-electron chi connectivity index (χ2n) is 35.8. The van der Waals surface area contributed by atoms with E-state index in [2.05, 4.69) is 46.9 Å². The number of fused-ring (bicyclic) bond motifs is 4. The van der Waals surface area contributed by atoms with E-state index < -0.39 is 75.8 Å². The number of hydrogen-bond acceptors (Lipinski definition) is 27. The number of nitrogens with one attached hydrogen (secondary N) is 6. The molecule has 5 aromatic heterocycles. The molecule has 12 unspecified atom stereocenters. The van der Waals surface area contributed by atoms with E-state index in [-0.39, 0.29) is 145 Å². The number of aromatic nitrogens is 4. The summed E-state index contributed by atoms with van der Waals surface area (Å²) in [5, 5.41) is 70.5. The van der Waals surface area contributed by atoms with Crippen LogP contribution in [0.4, 0.5) is 0 Å². The standard InChI is InChI=1S/C27H26N2O5S.C26H26N4O5.C26H25N3O5S.C16H20N2O4.C10H7NO2S/c30-20-11-5-17(6-12-20)15-21(26(33)29-27-13-1-4-24(27)34-16-23(27)31)28-25(32)19-9-7-18(8-10-19)22-3-2-14-35-22;27-24(33)19-8-5-17(30-11-10-28-15-30)13-20(19)21(12-16-3-6-18(31)7-4-16)25(34)29-26-9-1-2-23(26)35-14-22(26)32;30-19-7-5-16(6-8-19)11-20(25(33)29-26-9-1-4-23(26)34-15-22(26)31)28-24(32)18-12-17(13-27-14-18)21-3-2-10-35-21;17-12(8-10-3-5-11(19)6-4-10)15(21)18-16-7-1-2-14(16)22-9-13(16)20;12-10(13)8-6-14-9(11-8)7-4-2-1-3-5-7/h2-3,5-12,14,21,24,30H,1,4,13,15-16H2,(H,28,32)(H,29,33);3-8,10-11,13,15,21,23,31H,1-2,9,12,14H2,(H2,27,33)(H,29,34);2-3,5-8,10,12-14,20,23,30H,1,4,9,11,15H2,(H,28,32)(H,29,33);3-6,12,14,19H,1-2,7-9,17H2,(H,18,21);1-6H,(H,12,13). The van der Waals surface area contributed by atoms with Gasteiger partial charge in [-0.3, -0.25) is 57.7 Å². The van der Waals surface area contributed by atoms with E-state index in [0.717, 1.165) is 92.2 Å². The number of thiophene rings is 2. The van der Waals surface area contributed by atoms with E-state index in [1.54, 1.807) is 167 Å². The molecule has 33 nitrogen and oxygen atoms in total. The van der Waals surface area contributed by atoms with E-state index in [0.29, 0.717) is 67.3 Å². The Morgan fingerprint density at radius 1 is 0.447 bits per heavy atom. The Bertz CT molecular complexity index is 6540. The van der Waals surface area contributed by atoms with Crippen molar-refractivity contribution in [3.05, 3.63) is 298 Å². The molecule has 12 aromatic rings. The number of hydrogen-bond donors (Lipinski definition) is 13. The molecule has 4 saturated carbocycles. The Kier molecular flexibility index (Phi) is 31.2. The summed E-state index contributed by atoms with van der Waals surface area (Å²) < 4.78 is 24.1. The highest BCUT2D eigenvalue weighted by molar-refractivity contribution is 7.14. The Labute approximate surface area is 821 Å². The molecule has 8 aliphatic rings. The fourth-order valence-electron chi connectivity index (χ4n) is 19.3. The average Bonchev–Trinajstić information content (AvgIpc) is 1.63. The number of benzene rings is 7. The summed E-state index contributed by atoms with van der Waals surface area (Å²) in [6.45, 7) is 0.0337. The minimum atomic E-state index is -1.04. The quantitative estimate of drug-likeness (QED) is 0.0227. The lowest BCUT2D eigenvalue weighted by molar-refractivity contribution is -0.131. The number of imidazole rings is 1. The summed E-state index contributed by atoms with van der Waals surface area (Å²) in [7, 11) is 0. The van der Waals surface area contributed by atoms with Crippen LogP contribution < -0.4 is 43.4 Å². The first kappa shape index (κ1) is 99.4. The molecule has 141 heavy (non-hydrogen) atoms. The van der Waals surface area contributed by atoms with E-state index in [1.807, 2.05) is 77.5 Å². The van der Waals surface area contributed by atoms with Gasteiger partial charge in [-0.25, -0.2) is 14.8 Å². The zero-order valence-electron chi connectivity index (χ0n) is 76.4. The number of pyridine rings is 1. The first-order chi connectivity index (χ1) is 68.0. The Balaban J connectivity index is 0.000000131. The molecule has 7 amide bonds. The molecule has 0 spiro atoms. The van der Waals surface area contributed by atoms with Gasteiger partial charge in [0.1, 0.15) is 88.7 Å². The minimum absolute atomic E-state index is 0.00345. The Morgan fingerprint density at radius 3 is 1.30 bits per heavy atom. The third-order valence-corrected chi connectivity index (χ3v) is 29.5. The maximum absolute atomic E-state index is 13.9. The second-order valence-corrected chi connectivity index (χ2v) is 38.6. The van der Waals surface area contributed by atoms with Crippen molar-refractivity contribution in [2.45, 2.75) is 173 Å². The first-order valence-corrected chi connectivity index (χ1v) is 48.8. The number of phenolic OH excluding ortho intramolecular Hbond substituents is 4. The van der Waals surface area contributed by atoms with Gasteiger partial charge in [0.25, 0.3) is 11.8 Å². The summed E-state index contributed by atoms with van der Waals surface area (Å²) in [6.07, 6.45) is 16.3. The molecule has 4 aliphatic carbocycles. The molecule has 15 N–H and O–H groups in total. The number of nitrogens with two attached hydrogens (primary N) is 2. The summed E-state index contributed by atoms with van der Waals surface area (Å²) >= 11 is 4.50. The van der Waals surface area contributed by atoms with Crippen molar-refractivity contribution in [1.29, 1.82) is 0 Å². The van der Waals surface area contributed by atoms with Crippen molar-refractivity contribution in [2.24, 2.45) is 11.5 Å². The number of carboxylic acids is 1. The summed E-state index contributed by atoms with van der Waals surface area (Å²) in [4.78, 5) is 167. The third kappa shape index (κ3) is 22.9. The Morgan fingerprint density at radius 2 is 0.879 bits per heavy atom. The number of ether oxygens (including phenoxy) is 4. The van der Waals surface area contributed by atoms with Gasteiger partial charge in [-0.1, -0.05) is 103 Å². The molecule has 9 heterocycles. The monoisotopic (exact) mass is 1960 g/mol. The lowest BCUT2D eigenvalue weighted by Gasteiger charge is -2.30. The lowest BCUT2D eigenvalue weighted by Crippen LogP contribution is -2.60. The zero-order chi connectivity index (χ0) is 99.1. The van der Waals surface area contributed by atoms with Gasteiger partial charge in [0, 0.05) is 80.7 Å². The number of phenols is 4. The van der Waals surface area contributed by atoms with Gasteiger partial charge in [-0.2, -0.15) is 0 Å². The number of amides is 7.